The number of benzene rings is 1. The summed E-state index contributed by atoms with van der Waals surface area (Å²) in [6.45, 7) is 6.23. The molecule has 116 valence electrons. The fraction of sp³-hybridized carbons (Fsp3) is 0.562. The molecule has 0 amide bonds. The zero-order valence-electron chi connectivity index (χ0n) is 12.6. The van der Waals surface area contributed by atoms with Crippen molar-refractivity contribution in [2.75, 3.05) is 19.8 Å². The molecule has 0 aromatic heterocycles. The Hall–Kier alpha value is -1.75. The summed E-state index contributed by atoms with van der Waals surface area (Å²) in [5.41, 5.74) is 1.00. The van der Waals surface area contributed by atoms with E-state index < -0.39 is 5.97 Å². The van der Waals surface area contributed by atoms with Gasteiger partial charge >= 0.3 is 5.97 Å². The van der Waals surface area contributed by atoms with Crippen molar-refractivity contribution in [2.45, 2.75) is 26.8 Å². The van der Waals surface area contributed by atoms with E-state index in [1.54, 1.807) is 0 Å². The first kappa shape index (κ1) is 15.6. The zero-order valence-corrected chi connectivity index (χ0v) is 12.6. The lowest BCUT2D eigenvalue weighted by Gasteiger charge is -2.21. The summed E-state index contributed by atoms with van der Waals surface area (Å²) in [5.74, 6) is 0.797. The van der Waals surface area contributed by atoms with E-state index in [2.05, 4.69) is 5.32 Å². The van der Waals surface area contributed by atoms with Crippen molar-refractivity contribution in [3.8, 4) is 11.5 Å². The van der Waals surface area contributed by atoms with Crippen molar-refractivity contribution in [1.29, 1.82) is 0 Å². The molecule has 1 aromatic carbocycles. The van der Waals surface area contributed by atoms with Crippen LogP contribution < -0.4 is 14.8 Å². The van der Waals surface area contributed by atoms with E-state index in [9.17, 15) is 9.90 Å². The maximum Gasteiger partial charge on any atom is 0.307 e. The van der Waals surface area contributed by atoms with Crippen molar-refractivity contribution < 1.29 is 19.4 Å². The molecular weight excluding hydrogens is 270 g/mol. The number of para-hydroxylation sites is 1. The van der Waals surface area contributed by atoms with Gasteiger partial charge in [0.2, 0.25) is 0 Å². The van der Waals surface area contributed by atoms with E-state index in [-0.39, 0.29) is 5.92 Å². The number of rotatable bonds is 7. The Morgan fingerprint density at radius 1 is 1.33 bits per heavy atom. The van der Waals surface area contributed by atoms with Crippen LogP contribution in [0.25, 0.3) is 0 Å². The smallest absolute Gasteiger partial charge is 0.307 e. The Morgan fingerprint density at radius 2 is 2.10 bits per heavy atom. The van der Waals surface area contributed by atoms with Crippen LogP contribution in [0, 0.1) is 11.8 Å². The highest BCUT2D eigenvalue weighted by molar-refractivity contribution is 5.70. The lowest BCUT2D eigenvalue weighted by Crippen LogP contribution is -2.29. The molecule has 0 aliphatic carbocycles. The van der Waals surface area contributed by atoms with Gasteiger partial charge in [0.15, 0.2) is 11.5 Å². The average molecular weight is 293 g/mol. The molecule has 0 radical (unpaired) electrons. The quantitative estimate of drug-likeness (QED) is 0.807. The minimum Gasteiger partial charge on any atom is -0.486 e. The number of aliphatic carboxylic acids is 1. The second kappa shape index (κ2) is 7.31. The highest BCUT2D eigenvalue weighted by atomic mass is 16.6. The first-order chi connectivity index (χ1) is 10.1. The molecule has 5 heteroatoms. The Labute approximate surface area is 125 Å². The molecule has 1 aliphatic rings. The van der Waals surface area contributed by atoms with Crippen molar-refractivity contribution in [1.82, 2.24) is 5.32 Å². The minimum atomic E-state index is -0.745. The van der Waals surface area contributed by atoms with Crippen LogP contribution in [0.2, 0.25) is 0 Å². The maximum atomic E-state index is 11.2. The lowest BCUT2D eigenvalue weighted by atomic mass is 9.97. The number of nitrogens with one attached hydrogen (secondary N) is 1. The third kappa shape index (κ3) is 4.36. The van der Waals surface area contributed by atoms with E-state index in [4.69, 9.17) is 9.47 Å². The van der Waals surface area contributed by atoms with Crippen molar-refractivity contribution >= 4 is 5.97 Å². The molecule has 2 N–H and O–H groups in total. The molecule has 21 heavy (non-hydrogen) atoms. The maximum absolute atomic E-state index is 11.2. The van der Waals surface area contributed by atoms with Crippen LogP contribution in [0.3, 0.4) is 0 Å². The SMILES string of the molecule is CC(C)CC(CNCc1cccc2c1OCCO2)C(=O)O. The zero-order chi connectivity index (χ0) is 15.2. The number of carboxylic acid groups (broad SMARTS) is 1. The summed E-state index contributed by atoms with van der Waals surface area (Å²) in [7, 11) is 0. The molecule has 0 spiro atoms. The van der Waals surface area contributed by atoms with Crippen LogP contribution in [0.5, 0.6) is 11.5 Å². The molecule has 0 fully saturated rings. The van der Waals surface area contributed by atoms with Crippen LogP contribution in [-0.4, -0.2) is 30.8 Å². The molecule has 0 saturated heterocycles. The molecule has 1 atom stereocenters. The largest absolute Gasteiger partial charge is 0.486 e. The molecule has 0 bridgehead atoms. The van der Waals surface area contributed by atoms with Crippen molar-refractivity contribution in [3.05, 3.63) is 23.8 Å². The number of hydrogen-bond donors (Lipinski definition) is 2. The first-order valence-electron chi connectivity index (χ1n) is 7.39. The molecular formula is C16H23NO4. The minimum absolute atomic E-state index is 0.360. The summed E-state index contributed by atoms with van der Waals surface area (Å²) in [6, 6.07) is 5.78. The van der Waals surface area contributed by atoms with Gasteiger partial charge in [-0.1, -0.05) is 26.0 Å². The molecule has 1 aliphatic heterocycles. The molecule has 2 rings (SSSR count). The number of hydrogen-bond acceptors (Lipinski definition) is 4. The summed E-state index contributed by atoms with van der Waals surface area (Å²) in [4.78, 5) is 11.2. The van der Waals surface area contributed by atoms with Crippen LogP contribution in [0.1, 0.15) is 25.8 Å². The number of carbonyl (C=O) groups is 1. The van der Waals surface area contributed by atoms with Gasteiger partial charge in [-0.15, -0.1) is 0 Å². The van der Waals surface area contributed by atoms with E-state index in [1.165, 1.54) is 0 Å². The predicted molar refractivity (Wildman–Crippen MR) is 79.7 cm³/mol. The summed E-state index contributed by atoms with van der Waals surface area (Å²) in [5, 5.41) is 12.4. The van der Waals surface area contributed by atoms with Crippen LogP contribution in [0.4, 0.5) is 0 Å². The van der Waals surface area contributed by atoms with Gasteiger partial charge in [0.1, 0.15) is 13.2 Å². The second-order valence-electron chi connectivity index (χ2n) is 5.74. The third-order valence-electron chi connectivity index (χ3n) is 3.46. The first-order valence-corrected chi connectivity index (χ1v) is 7.39. The van der Waals surface area contributed by atoms with Gasteiger partial charge < -0.3 is 19.9 Å². The van der Waals surface area contributed by atoms with Crippen LogP contribution in [-0.2, 0) is 11.3 Å². The summed E-state index contributed by atoms with van der Waals surface area (Å²) >= 11 is 0. The lowest BCUT2D eigenvalue weighted by molar-refractivity contribution is -0.142. The summed E-state index contributed by atoms with van der Waals surface area (Å²) in [6.07, 6.45) is 0.675. The second-order valence-corrected chi connectivity index (χ2v) is 5.74. The molecule has 1 unspecified atom stereocenters. The van der Waals surface area contributed by atoms with Crippen LogP contribution in [0.15, 0.2) is 18.2 Å². The van der Waals surface area contributed by atoms with E-state index >= 15 is 0 Å². The Morgan fingerprint density at radius 3 is 2.81 bits per heavy atom. The van der Waals surface area contributed by atoms with Gasteiger partial charge in [-0.2, -0.15) is 0 Å². The van der Waals surface area contributed by atoms with Gasteiger partial charge in [0.05, 0.1) is 5.92 Å². The molecule has 5 nitrogen and oxygen atoms in total. The molecule has 0 saturated carbocycles. The summed E-state index contributed by atoms with van der Waals surface area (Å²) < 4.78 is 11.2. The normalized spacial score (nSPS) is 15.0. The number of ether oxygens (including phenoxy) is 2. The van der Waals surface area contributed by atoms with Crippen LogP contribution >= 0.6 is 0 Å². The van der Waals surface area contributed by atoms with Gasteiger partial charge in [-0.25, -0.2) is 0 Å². The molecule has 1 heterocycles. The van der Waals surface area contributed by atoms with E-state index in [0.717, 1.165) is 17.1 Å². The van der Waals surface area contributed by atoms with Crippen molar-refractivity contribution in [2.24, 2.45) is 11.8 Å². The highest BCUT2D eigenvalue weighted by Gasteiger charge is 2.19. The van der Waals surface area contributed by atoms with Gasteiger partial charge in [-0.05, 0) is 18.4 Å². The number of fused-ring (bicyclic) bond motifs is 1. The van der Waals surface area contributed by atoms with Gasteiger partial charge in [0.25, 0.3) is 0 Å². The van der Waals surface area contributed by atoms with Gasteiger partial charge in [-0.3, -0.25) is 4.79 Å². The topological polar surface area (TPSA) is 67.8 Å². The fourth-order valence-corrected chi connectivity index (χ4v) is 2.49. The predicted octanol–water partition coefficient (Wildman–Crippen LogP) is 2.29. The van der Waals surface area contributed by atoms with Crippen molar-refractivity contribution in [3.63, 3.8) is 0 Å². The molecule has 1 aromatic rings. The van der Waals surface area contributed by atoms with E-state index in [0.29, 0.717) is 38.6 Å². The highest BCUT2D eigenvalue weighted by Crippen LogP contribution is 2.33. The number of carboxylic acids is 1. The standard InChI is InChI=1S/C16H23NO4/c1-11(2)8-13(16(18)19)10-17-9-12-4-3-5-14-15(12)21-7-6-20-14/h3-5,11,13,17H,6-10H2,1-2H3,(H,18,19). The monoisotopic (exact) mass is 293 g/mol. The Balaban J connectivity index is 1.92. The third-order valence-corrected chi connectivity index (χ3v) is 3.46. The van der Waals surface area contributed by atoms with E-state index in [1.807, 2.05) is 32.0 Å². The van der Waals surface area contributed by atoms with Gasteiger partial charge in [0, 0.05) is 18.7 Å². The Bertz CT molecular complexity index is 487. The Kier molecular flexibility index (Phi) is 5.44. The fourth-order valence-electron chi connectivity index (χ4n) is 2.49. The average Bonchev–Trinajstić information content (AvgIpc) is 2.46.